The molecule has 3 nitrogen and oxygen atoms in total. The van der Waals surface area contributed by atoms with E-state index >= 15 is 0 Å². The molecule has 0 spiro atoms. The molecule has 0 fully saturated rings. The van der Waals surface area contributed by atoms with Crippen molar-refractivity contribution in [1.82, 2.24) is 0 Å². The van der Waals surface area contributed by atoms with Crippen LogP contribution in [0.25, 0.3) is 0 Å². The van der Waals surface area contributed by atoms with Crippen LogP contribution in [0.15, 0.2) is 42.5 Å². The molecule has 0 saturated heterocycles. The average Bonchev–Trinajstić information content (AvgIpc) is 2.41. The summed E-state index contributed by atoms with van der Waals surface area (Å²) >= 11 is 5.80. The first-order valence-electron chi connectivity index (χ1n) is 5.10. The minimum Gasteiger partial charge on any atom is -0.456 e. The molecule has 0 heterocycles. The van der Waals surface area contributed by atoms with Crippen LogP contribution >= 0.6 is 11.6 Å². The Labute approximate surface area is 109 Å². The zero-order chi connectivity index (χ0) is 13.0. The van der Waals surface area contributed by atoms with E-state index < -0.39 is 0 Å². The predicted octanol–water partition coefficient (Wildman–Crippen LogP) is 3.88. The molecule has 86 valence electrons. The number of benzene rings is 2. The van der Waals surface area contributed by atoms with Crippen molar-refractivity contribution in [3.8, 4) is 23.6 Å². The van der Waals surface area contributed by atoms with E-state index in [1.54, 1.807) is 36.4 Å². The molecule has 2 aromatic carbocycles. The van der Waals surface area contributed by atoms with E-state index in [9.17, 15) is 0 Å². The number of hydrogen-bond acceptors (Lipinski definition) is 3. The fraction of sp³-hybridized carbons (Fsp3) is 0. The number of ether oxygens (including phenoxy) is 1. The standard InChI is InChI=1S/C14H7ClN2O/c15-12-4-5-14(11(7-12)9-17)18-13-3-1-2-10(6-13)8-16/h1-7H. The molecule has 18 heavy (non-hydrogen) atoms. The van der Waals surface area contributed by atoms with Crippen LogP contribution in [-0.2, 0) is 0 Å². The SMILES string of the molecule is N#Cc1cccc(Oc2ccc(Cl)cc2C#N)c1. The molecule has 0 N–H and O–H groups in total. The molecule has 0 aliphatic carbocycles. The first-order chi connectivity index (χ1) is 8.72. The Hall–Kier alpha value is -2.49. The number of rotatable bonds is 2. The van der Waals surface area contributed by atoms with Gasteiger partial charge in [-0.05, 0) is 36.4 Å². The number of hydrogen-bond donors (Lipinski definition) is 0. The van der Waals surface area contributed by atoms with Gasteiger partial charge in [0.15, 0.2) is 0 Å². The van der Waals surface area contributed by atoms with Crippen LogP contribution in [0.2, 0.25) is 5.02 Å². The summed E-state index contributed by atoms with van der Waals surface area (Å²) in [5.74, 6) is 0.921. The summed E-state index contributed by atoms with van der Waals surface area (Å²) in [6.07, 6.45) is 0. The summed E-state index contributed by atoms with van der Waals surface area (Å²) in [4.78, 5) is 0. The molecule has 0 aromatic heterocycles. The summed E-state index contributed by atoms with van der Waals surface area (Å²) in [6, 6.07) is 15.6. The Morgan fingerprint density at radius 1 is 1.00 bits per heavy atom. The minimum atomic E-state index is 0.352. The molecule has 0 atom stereocenters. The molecule has 4 heteroatoms. The van der Waals surface area contributed by atoms with Crippen molar-refractivity contribution in [2.45, 2.75) is 0 Å². The highest BCUT2D eigenvalue weighted by molar-refractivity contribution is 6.30. The van der Waals surface area contributed by atoms with E-state index in [-0.39, 0.29) is 0 Å². The van der Waals surface area contributed by atoms with E-state index in [4.69, 9.17) is 26.9 Å². The summed E-state index contributed by atoms with van der Waals surface area (Å²) in [5.41, 5.74) is 0.852. The van der Waals surface area contributed by atoms with Crippen molar-refractivity contribution in [1.29, 1.82) is 10.5 Å². The highest BCUT2D eigenvalue weighted by Crippen LogP contribution is 2.27. The topological polar surface area (TPSA) is 56.8 Å². The molecule has 2 rings (SSSR count). The lowest BCUT2D eigenvalue weighted by atomic mass is 10.2. The quantitative estimate of drug-likeness (QED) is 0.817. The molecule has 0 amide bonds. The van der Waals surface area contributed by atoms with Gasteiger partial charge in [0.25, 0.3) is 0 Å². The second-order valence-corrected chi connectivity index (χ2v) is 3.93. The monoisotopic (exact) mass is 254 g/mol. The molecule has 0 radical (unpaired) electrons. The van der Waals surface area contributed by atoms with Gasteiger partial charge in [-0.1, -0.05) is 17.7 Å². The van der Waals surface area contributed by atoms with E-state index in [1.165, 1.54) is 6.07 Å². The van der Waals surface area contributed by atoms with Gasteiger partial charge in [0.2, 0.25) is 0 Å². The van der Waals surface area contributed by atoms with Gasteiger partial charge in [-0.15, -0.1) is 0 Å². The van der Waals surface area contributed by atoms with Crippen LogP contribution in [-0.4, -0.2) is 0 Å². The largest absolute Gasteiger partial charge is 0.456 e. The Bertz CT molecular complexity index is 668. The fourth-order valence-corrected chi connectivity index (χ4v) is 1.61. The second-order valence-electron chi connectivity index (χ2n) is 3.49. The van der Waals surface area contributed by atoms with Gasteiger partial charge in [0, 0.05) is 5.02 Å². The zero-order valence-corrected chi connectivity index (χ0v) is 9.98. The molecule has 0 bridgehead atoms. The third kappa shape index (κ3) is 2.60. The third-order valence-electron chi connectivity index (χ3n) is 2.25. The van der Waals surface area contributed by atoms with Crippen molar-refractivity contribution in [2.24, 2.45) is 0 Å². The predicted molar refractivity (Wildman–Crippen MR) is 67.4 cm³/mol. The fourth-order valence-electron chi connectivity index (χ4n) is 1.43. The molecule has 2 aromatic rings. The van der Waals surface area contributed by atoms with Gasteiger partial charge in [-0.3, -0.25) is 0 Å². The maximum absolute atomic E-state index is 8.98. The average molecular weight is 255 g/mol. The lowest BCUT2D eigenvalue weighted by Crippen LogP contribution is -1.88. The Kier molecular flexibility index (Phi) is 3.48. The lowest BCUT2D eigenvalue weighted by molar-refractivity contribution is 0.481. The molecule has 0 unspecified atom stereocenters. The van der Waals surface area contributed by atoms with Crippen LogP contribution < -0.4 is 4.74 Å². The summed E-state index contributed by atoms with van der Waals surface area (Å²) in [7, 11) is 0. The summed E-state index contributed by atoms with van der Waals surface area (Å²) in [6.45, 7) is 0. The van der Waals surface area contributed by atoms with Crippen LogP contribution in [0.4, 0.5) is 0 Å². The van der Waals surface area contributed by atoms with Gasteiger partial charge in [0.05, 0.1) is 17.2 Å². The van der Waals surface area contributed by atoms with Crippen molar-refractivity contribution >= 4 is 11.6 Å². The van der Waals surface area contributed by atoms with Crippen LogP contribution in [0.5, 0.6) is 11.5 Å². The van der Waals surface area contributed by atoms with Gasteiger partial charge in [-0.2, -0.15) is 10.5 Å². The van der Waals surface area contributed by atoms with E-state index in [1.807, 2.05) is 12.1 Å². The smallest absolute Gasteiger partial charge is 0.145 e. The Morgan fingerprint density at radius 2 is 1.83 bits per heavy atom. The van der Waals surface area contributed by atoms with Gasteiger partial charge in [-0.25, -0.2) is 0 Å². The van der Waals surface area contributed by atoms with Crippen molar-refractivity contribution < 1.29 is 4.74 Å². The highest BCUT2D eigenvalue weighted by atomic mass is 35.5. The molecular formula is C14H7ClN2O. The maximum atomic E-state index is 8.98. The van der Waals surface area contributed by atoms with E-state index in [2.05, 4.69) is 0 Å². The first kappa shape index (κ1) is 12.0. The summed E-state index contributed by atoms with van der Waals surface area (Å²) < 4.78 is 5.57. The summed E-state index contributed by atoms with van der Waals surface area (Å²) in [5, 5.41) is 18.2. The maximum Gasteiger partial charge on any atom is 0.145 e. The van der Waals surface area contributed by atoms with Crippen LogP contribution in [0.1, 0.15) is 11.1 Å². The molecule has 0 saturated carbocycles. The van der Waals surface area contributed by atoms with Crippen molar-refractivity contribution in [3.63, 3.8) is 0 Å². The molecular weight excluding hydrogens is 248 g/mol. The normalized spacial score (nSPS) is 9.28. The second kappa shape index (κ2) is 5.23. The zero-order valence-electron chi connectivity index (χ0n) is 9.22. The number of nitrogens with zero attached hydrogens (tertiary/aromatic N) is 2. The molecule has 0 aliphatic rings. The van der Waals surface area contributed by atoms with Crippen molar-refractivity contribution in [2.75, 3.05) is 0 Å². The number of nitriles is 2. The minimum absolute atomic E-state index is 0.352. The van der Waals surface area contributed by atoms with E-state index in [0.717, 1.165) is 0 Å². The Morgan fingerprint density at radius 3 is 2.56 bits per heavy atom. The van der Waals surface area contributed by atoms with E-state index in [0.29, 0.717) is 27.6 Å². The van der Waals surface area contributed by atoms with Gasteiger partial charge < -0.3 is 4.74 Å². The van der Waals surface area contributed by atoms with Gasteiger partial charge in [0.1, 0.15) is 17.6 Å². The van der Waals surface area contributed by atoms with Crippen molar-refractivity contribution in [3.05, 3.63) is 58.6 Å². The van der Waals surface area contributed by atoms with Crippen LogP contribution in [0.3, 0.4) is 0 Å². The third-order valence-corrected chi connectivity index (χ3v) is 2.49. The Balaban J connectivity index is 2.35. The highest BCUT2D eigenvalue weighted by Gasteiger charge is 2.05. The first-order valence-corrected chi connectivity index (χ1v) is 5.48. The lowest BCUT2D eigenvalue weighted by Gasteiger charge is -2.07. The van der Waals surface area contributed by atoms with Gasteiger partial charge >= 0.3 is 0 Å². The number of halogens is 1. The van der Waals surface area contributed by atoms with Crippen LogP contribution in [0, 0.1) is 22.7 Å². The molecule has 0 aliphatic heterocycles.